The summed E-state index contributed by atoms with van der Waals surface area (Å²) in [7, 11) is 0. The zero-order valence-corrected chi connectivity index (χ0v) is 17.7. The predicted octanol–water partition coefficient (Wildman–Crippen LogP) is -7.57. The molecule has 0 aromatic rings. The first-order valence-corrected chi connectivity index (χ1v) is 10.6. The lowest BCUT2D eigenvalue weighted by Crippen LogP contribution is -2.66. The van der Waals surface area contributed by atoms with Crippen LogP contribution in [0.5, 0.6) is 0 Å². The molecule has 3 aliphatic rings. The molecule has 16 heteroatoms. The molecule has 0 bridgehead atoms. The minimum atomic E-state index is -1.90. The van der Waals surface area contributed by atoms with Crippen LogP contribution in [0.4, 0.5) is 0 Å². The molecule has 11 N–H and O–H groups in total. The van der Waals surface area contributed by atoms with Crippen LogP contribution in [-0.4, -0.2) is 168 Å². The van der Waals surface area contributed by atoms with Crippen molar-refractivity contribution in [3.05, 3.63) is 0 Å². The van der Waals surface area contributed by atoms with E-state index >= 15 is 0 Å². The fraction of sp³-hybridized carbons (Fsp3) is 1.00. The van der Waals surface area contributed by atoms with Crippen LogP contribution in [0.3, 0.4) is 0 Å². The van der Waals surface area contributed by atoms with Crippen molar-refractivity contribution in [1.29, 1.82) is 0 Å². The summed E-state index contributed by atoms with van der Waals surface area (Å²) in [5.74, 6) is 0. The van der Waals surface area contributed by atoms with Gasteiger partial charge in [0, 0.05) is 0 Å². The molecule has 3 rings (SSSR count). The van der Waals surface area contributed by atoms with Crippen LogP contribution in [0.2, 0.25) is 0 Å². The van der Waals surface area contributed by atoms with Crippen LogP contribution in [0.15, 0.2) is 0 Å². The molecule has 1 unspecified atom stereocenters. The molecule has 34 heavy (non-hydrogen) atoms. The summed E-state index contributed by atoms with van der Waals surface area (Å²) >= 11 is 0. The Hall–Kier alpha value is -0.640. The largest absolute Gasteiger partial charge is 0.394 e. The van der Waals surface area contributed by atoms with Gasteiger partial charge in [0.15, 0.2) is 18.9 Å². The molecule has 0 aliphatic carbocycles. The Morgan fingerprint density at radius 2 is 0.941 bits per heavy atom. The third-order valence-corrected chi connectivity index (χ3v) is 6.09. The molecule has 0 saturated carbocycles. The Bertz CT molecular complexity index is 637. The van der Waals surface area contributed by atoms with Gasteiger partial charge in [-0.15, -0.1) is 0 Å². The van der Waals surface area contributed by atoms with Gasteiger partial charge in [-0.3, -0.25) is 0 Å². The first-order chi connectivity index (χ1) is 16.0. The third kappa shape index (κ3) is 5.37. The second kappa shape index (κ2) is 11.6. The van der Waals surface area contributed by atoms with Gasteiger partial charge in [-0.1, -0.05) is 0 Å². The maximum atomic E-state index is 10.8. The van der Waals surface area contributed by atoms with E-state index in [0.717, 1.165) is 0 Å². The molecule has 0 aromatic heterocycles. The minimum Gasteiger partial charge on any atom is -0.394 e. The standard InChI is InChI=1S/C18H32O16/c19-1-4-7(22)9(24)12(27)17(31-4)34-15-8(23)5(2-20)32-18(13(15)28)33-14-6(3-21)30-16(29)11(26)10(14)25/h4-29H,1-3H2/t4-,5-,6-,7+,8+,9+,10-,11-,12-,13-,14-,15+,16?,17+,18+/m1/s1. The number of aliphatic hydroxyl groups is 11. The number of hydrogen-bond acceptors (Lipinski definition) is 16. The Morgan fingerprint density at radius 1 is 0.441 bits per heavy atom. The molecular weight excluding hydrogens is 472 g/mol. The lowest BCUT2D eigenvalue weighted by atomic mass is 9.96. The summed E-state index contributed by atoms with van der Waals surface area (Å²) < 4.78 is 26.4. The zero-order valence-electron chi connectivity index (χ0n) is 17.7. The predicted molar refractivity (Wildman–Crippen MR) is 101 cm³/mol. The smallest absolute Gasteiger partial charge is 0.187 e. The fourth-order valence-corrected chi connectivity index (χ4v) is 4.05. The van der Waals surface area contributed by atoms with Crippen LogP contribution in [-0.2, 0) is 23.7 Å². The van der Waals surface area contributed by atoms with Crippen molar-refractivity contribution in [2.45, 2.75) is 92.1 Å². The molecule has 16 nitrogen and oxygen atoms in total. The molecule has 0 aromatic carbocycles. The molecule has 3 aliphatic heterocycles. The topological polar surface area (TPSA) is 269 Å². The monoisotopic (exact) mass is 504 g/mol. The molecule has 0 radical (unpaired) electrons. The van der Waals surface area contributed by atoms with E-state index in [4.69, 9.17) is 23.7 Å². The highest BCUT2D eigenvalue weighted by Gasteiger charge is 2.53. The maximum Gasteiger partial charge on any atom is 0.187 e. The molecule has 3 fully saturated rings. The van der Waals surface area contributed by atoms with Crippen molar-refractivity contribution >= 4 is 0 Å². The van der Waals surface area contributed by atoms with Gasteiger partial charge in [-0.05, 0) is 0 Å². The Morgan fingerprint density at radius 3 is 1.50 bits per heavy atom. The van der Waals surface area contributed by atoms with Gasteiger partial charge in [-0.2, -0.15) is 0 Å². The molecule has 15 atom stereocenters. The van der Waals surface area contributed by atoms with Gasteiger partial charge in [-0.25, -0.2) is 0 Å². The molecular formula is C18H32O16. The van der Waals surface area contributed by atoms with E-state index in [2.05, 4.69) is 0 Å². The average molecular weight is 504 g/mol. The van der Waals surface area contributed by atoms with Crippen molar-refractivity contribution in [2.75, 3.05) is 19.8 Å². The molecule has 200 valence electrons. The number of rotatable bonds is 7. The lowest BCUT2D eigenvalue weighted by Gasteiger charge is -2.47. The summed E-state index contributed by atoms with van der Waals surface area (Å²) in [6, 6.07) is 0. The second-order valence-electron chi connectivity index (χ2n) is 8.33. The van der Waals surface area contributed by atoms with Crippen molar-refractivity contribution in [3.8, 4) is 0 Å². The van der Waals surface area contributed by atoms with E-state index in [9.17, 15) is 56.2 Å². The van der Waals surface area contributed by atoms with E-state index in [0.29, 0.717) is 0 Å². The molecule has 3 saturated heterocycles. The summed E-state index contributed by atoms with van der Waals surface area (Å²) in [5.41, 5.74) is 0. The van der Waals surface area contributed by atoms with Crippen molar-refractivity contribution in [1.82, 2.24) is 0 Å². The summed E-state index contributed by atoms with van der Waals surface area (Å²) in [4.78, 5) is 0. The summed E-state index contributed by atoms with van der Waals surface area (Å²) in [6.45, 7) is -2.34. The maximum absolute atomic E-state index is 10.8. The van der Waals surface area contributed by atoms with Gasteiger partial charge < -0.3 is 79.9 Å². The van der Waals surface area contributed by atoms with Crippen LogP contribution < -0.4 is 0 Å². The quantitative estimate of drug-likeness (QED) is 0.154. The SMILES string of the molecule is OC[C@H]1O[C@@H](O[C@H]2[C@@H](O)[C@@H](CO)O[C@@H](O[C@H]3[C@H](O)[C@@H](O)C(O)O[C@@H]3CO)[C@@H]2O)[C@H](O)[C@@H](O)[C@H]1O. The fourth-order valence-electron chi connectivity index (χ4n) is 4.05. The van der Waals surface area contributed by atoms with E-state index < -0.39 is 112 Å². The number of hydrogen-bond donors (Lipinski definition) is 11. The Labute approximate surface area is 192 Å². The van der Waals surface area contributed by atoms with Gasteiger partial charge >= 0.3 is 0 Å². The van der Waals surface area contributed by atoms with Crippen LogP contribution in [0.25, 0.3) is 0 Å². The second-order valence-corrected chi connectivity index (χ2v) is 8.33. The lowest BCUT2D eigenvalue weighted by molar-refractivity contribution is -0.378. The number of aliphatic hydroxyl groups excluding tert-OH is 11. The Balaban J connectivity index is 1.78. The minimum absolute atomic E-state index is 0.759. The van der Waals surface area contributed by atoms with Crippen LogP contribution >= 0.6 is 0 Å². The van der Waals surface area contributed by atoms with Crippen LogP contribution in [0.1, 0.15) is 0 Å². The van der Waals surface area contributed by atoms with E-state index in [1.165, 1.54) is 0 Å². The van der Waals surface area contributed by atoms with E-state index in [1.807, 2.05) is 0 Å². The van der Waals surface area contributed by atoms with E-state index in [1.54, 1.807) is 0 Å². The van der Waals surface area contributed by atoms with Gasteiger partial charge in [0.25, 0.3) is 0 Å². The molecule has 0 amide bonds. The highest BCUT2D eigenvalue weighted by atomic mass is 16.7. The third-order valence-electron chi connectivity index (χ3n) is 6.09. The van der Waals surface area contributed by atoms with Crippen molar-refractivity contribution in [3.63, 3.8) is 0 Å². The first kappa shape index (κ1) is 27.9. The highest BCUT2D eigenvalue weighted by Crippen LogP contribution is 2.32. The van der Waals surface area contributed by atoms with Crippen molar-refractivity contribution in [2.24, 2.45) is 0 Å². The van der Waals surface area contributed by atoms with Gasteiger partial charge in [0.1, 0.15) is 73.2 Å². The molecule has 3 heterocycles. The summed E-state index contributed by atoms with van der Waals surface area (Å²) in [6.07, 6.45) is -25.4. The number of ether oxygens (including phenoxy) is 5. The first-order valence-electron chi connectivity index (χ1n) is 10.6. The average Bonchev–Trinajstić information content (AvgIpc) is 2.83. The van der Waals surface area contributed by atoms with Crippen molar-refractivity contribution < 1.29 is 79.9 Å². The molecule has 0 spiro atoms. The summed E-state index contributed by atoms with van der Waals surface area (Å²) in [5, 5.41) is 109. The highest BCUT2D eigenvalue weighted by molar-refractivity contribution is 4.96. The normalized spacial score (nSPS) is 52.5. The Kier molecular flexibility index (Phi) is 9.54. The van der Waals surface area contributed by atoms with Crippen LogP contribution in [0, 0.1) is 0 Å². The van der Waals surface area contributed by atoms with E-state index in [-0.39, 0.29) is 0 Å². The zero-order chi connectivity index (χ0) is 25.3. The van der Waals surface area contributed by atoms with Gasteiger partial charge in [0.05, 0.1) is 19.8 Å². The van der Waals surface area contributed by atoms with Gasteiger partial charge in [0.2, 0.25) is 0 Å².